The smallest absolute Gasteiger partial charge is 0.0247 e. The second kappa shape index (κ2) is 5.13. The second-order valence-corrected chi connectivity index (χ2v) is 5.26. The standard InChI is InChI=1S/C13H18BrN/c1-11-6-4-5-9-15(11)10-12-7-2-3-8-13(12)14/h2-3,7-8,11H,4-6,9-10H2,1H3. The third-order valence-corrected chi connectivity index (χ3v) is 4.05. The van der Waals surface area contributed by atoms with E-state index in [1.807, 2.05) is 0 Å². The van der Waals surface area contributed by atoms with Gasteiger partial charge >= 0.3 is 0 Å². The van der Waals surface area contributed by atoms with Gasteiger partial charge in [0.1, 0.15) is 0 Å². The Morgan fingerprint density at radius 2 is 2.13 bits per heavy atom. The summed E-state index contributed by atoms with van der Waals surface area (Å²) in [6.07, 6.45) is 4.10. The lowest BCUT2D eigenvalue weighted by atomic mass is 10.0. The molecule has 1 unspecified atom stereocenters. The predicted molar refractivity (Wildman–Crippen MR) is 67.9 cm³/mol. The highest BCUT2D eigenvalue weighted by molar-refractivity contribution is 9.10. The highest BCUT2D eigenvalue weighted by atomic mass is 79.9. The number of likely N-dealkylation sites (tertiary alicyclic amines) is 1. The summed E-state index contributed by atoms with van der Waals surface area (Å²) in [5.41, 5.74) is 1.41. The number of piperidine rings is 1. The van der Waals surface area contributed by atoms with E-state index < -0.39 is 0 Å². The SMILES string of the molecule is CC1CCCCN1Cc1ccccc1Br. The molecule has 0 saturated carbocycles. The van der Waals surface area contributed by atoms with Crippen molar-refractivity contribution >= 4 is 15.9 Å². The molecule has 1 nitrogen and oxygen atoms in total. The van der Waals surface area contributed by atoms with Crippen LogP contribution in [0, 0.1) is 0 Å². The van der Waals surface area contributed by atoms with Crippen LogP contribution in [0.3, 0.4) is 0 Å². The van der Waals surface area contributed by atoms with Crippen molar-refractivity contribution in [3.05, 3.63) is 34.3 Å². The number of rotatable bonds is 2. The number of hydrogen-bond donors (Lipinski definition) is 0. The maximum Gasteiger partial charge on any atom is 0.0247 e. The topological polar surface area (TPSA) is 3.24 Å². The highest BCUT2D eigenvalue weighted by Crippen LogP contribution is 2.22. The van der Waals surface area contributed by atoms with Gasteiger partial charge in [0.25, 0.3) is 0 Å². The Morgan fingerprint density at radius 3 is 2.87 bits per heavy atom. The van der Waals surface area contributed by atoms with Crippen molar-refractivity contribution in [1.29, 1.82) is 0 Å². The summed E-state index contributed by atoms with van der Waals surface area (Å²) in [6, 6.07) is 9.28. The summed E-state index contributed by atoms with van der Waals surface area (Å²) >= 11 is 3.62. The number of hydrogen-bond acceptors (Lipinski definition) is 1. The van der Waals surface area contributed by atoms with Crippen molar-refractivity contribution in [3.8, 4) is 0 Å². The van der Waals surface area contributed by atoms with Gasteiger partial charge in [0.2, 0.25) is 0 Å². The van der Waals surface area contributed by atoms with Crippen LogP contribution >= 0.6 is 15.9 Å². The molecule has 0 aromatic heterocycles. The largest absolute Gasteiger partial charge is 0.296 e. The molecule has 0 amide bonds. The van der Waals surface area contributed by atoms with Crippen molar-refractivity contribution in [2.45, 2.75) is 38.8 Å². The van der Waals surface area contributed by atoms with Crippen molar-refractivity contribution in [2.75, 3.05) is 6.54 Å². The highest BCUT2D eigenvalue weighted by Gasteiger charge is 2.18. The van der Waals surface area contributed by atoms with E-state index in [0.717, 1.165) is 12.6 Å². The van der Waals surface area contributed by atoms with Crippen molar-refractivity contribution in [3.63, 3.8) is 0 Å². The first-order valence-corrected chi connectivity index (χ1v) is 6.54. The molecule has 2 heteroatoms. The maximum atomic E-state index is 3.62. The van der Waals surface area contributed by atoms with Gasteiger partial charge in [-0.25, -0.2) is 0 Å². The van der Waals surface area contributed by atoms with Crippen LogP contribution in [-0.4, -0.2) is 17.5 Å². The first-order valence-electron chi connectivity index (χ1n) is 5.75. The van der Waals surface area contributed by atoms with E-state index in [2.05, 4.69) is 52.0 Å². The molecule has 1 aromatic carbocycles. The molecule has 0 N–H and O–H groups in total. The van der Waals surface area contributed by atoms with Crippen LogP contribution in [0.25, 0.3) is 0 Å². The van der Waals surface area contributed by atoms with E-state index in [1.165, 1.54) is 35.8 Å². The summed E-state index contributed by atoms with van der Waals surface area (Å²) in [5, 5.41) is 0. The minimum atomic E-state index is 0.742. The van der Waals surface area contributed by atoms with Gasteiger partial charge in [0.05, 0.1) is 0 Å². The number of halogens is 1. The lowest BCUT2D eigenvalue weighted by Gasteiger charge is -2.33. The van der Waals surface area contributed by atoms with Gasteiger partial charge in [-0.2, -0.15) is 0 Å². The van der Waals surface area contributed by atoms with Gasteiger partial charge in [-0.3, -0.25) is 4.90 Å². The Morgan fingerprint density at radius 1 is 1.33 bits per heavy atom. The minimum absolute atomic E-state index is 0.742. The molecule has 0 aliphatic carbocycles. The van der Waals surface area contributed by atoms with Gasteiger partial charge in [0.15, 0.2) is 0 Å². The average molecular weight is 268 g/mol. The molecule has 1 aromatic rings. The van der Waals surface area contributed by atoms with E-state index in [4.69, 9.17) is 0 Å². The molecule has 1 saturated heterocycles. The molecule has 1 fully saturated rings. The van der Waals surface area contributed by atoms with Gasteiger partial charge in [0, 0.05) is 17.1 Å². The van der Waals surface area contributed by atoms with Crippen LogP contribution < -0.4 is 0 Å². The molecule has 1 heterocycles. The summed E-state index contributed by atoms with van der Waals surface area (Å²) < 4.78 is 1.24. The minimum Gasteiger partial charge on any atom is -0.296 e. The fourth-order valence-electron chi connectivity index (χ4n) is 2.24. The van der Waals surface area contributed by atoms with Crippen molar-refractivity contribution in [1.82, 2.24) is 4.90 Å². The van der Waals surface area contributed by atoms with Gasteiger partial charge in [-0.15, -0.1) is 0 Å². The summed E-state index contributed by atoms with van der Waals surface area (Å²) in [7, 11) is 0. The number of benzene rings is 1. The second-order valence-electron chi connectivity index (χ2n) is 4.41. The Labute approximate surface area is 101 Å². The van der Waals surface area contributed by atoms with Crippen LogP contribution in [-0.2, 0) is 6.54 Å². The quantitative estimate of drug-likeness (QED) is 0.788. The van der Waals surface area contributed by atoms with Gasteiger partial charge < -0.3 is 0 Å². The molecular formula is C13H18BrN. The molecule has 2 rings (SSSR count). The zero-order chi connectivity index (χ0) is 10.7. The van der Waals surface area contributed by atoms with E-state index in [9.17, 15) is 0 Å². The zero-order valence-corrected chi connectivity index (χ0v) is 10.8. The zero-order valence-electron chi connectivity index (χ0n) is 9.25. The molecule has 15 heavy (non-hydrogen) atoms. The van der Waals surface area contributed by atoms with Crippen LogP contribution in [0.4, 0.5) is 0 Å². The third kappa shape index (κ3) is 2.82. The summed E-state index contributed by atoms with van der Waals surface area (Å²) in [6.45, 7) is 4.68. The molecule has 1 atom stereocenters. The Hall–Kier alpha value is -0.340. The summed E-state index contributed by atoms with van der Waals surface area (Å²) in [4.78, 5) is 2.59. The first-order chi connectivity index (χ1) is 7.27. The monoisotopic (exact) mass is 267 g/mol. The normalized spacial score (nSPS) is 22.9. The molecular weight excluding hydrogens is 250 g/mol. The Balaban J connectivity index is 2.04. The fourth-order valence-corrected chi connectivity index (χ4v) is 2.65. The summed E-state index contributed by atoms with van der Waals surface area (Å²) in [5.74, 6) is 0. The first kappa shape index (κ1) is 11.2. The van der Waals surface area contributed by atoms with Gasteiger partial charge in [-0.05, 0) is 37.9 Å². The molecule has 0 bridgehead atoms. The Bertz CT molecular complexity index is 324. The lowest BCUT2D eigenvalue weighted by molar-refractivity contribution is 0.152. The van der Waals surface area contributed by atoms with Crippen LogP contribution in [0.15, 0.2) is 28.7 Å². The lowest BCUT2D eigenvalue weighted by Crippen LogP contribution is -2.36. The maximum absolute atomic E-state index is 3.62. The third-order valence-electron chi connectivity index (χ3n) is 3.27. The molecule has 1 aliphatic heterocycles. The van der Waals surface area contributed by atoms with Crippen LogP contribution in [0.1, 0.15) is 31.7 Å². The molecule has 0 spiro atoms. The van der Waals surface area contributed by atoms with Crippen molar-refractivity contribution in [2.24, 2.45) is 0 Å². The Kier molecular flexibility index (Phi) is 3.81. The van der Waals surface area contributed by atoms with E-state index in [-0.39, 0.29) is 0 Å². The fraction of sp³-hybridized carbons (Fsp3) is 0.538. The van der Waals surface area contributed by atoms with Gasteiger partial charge in [-0.1, -0.05) is 40.5 Å². The van der Waals surface area contributed by atoms with Crippen LogP contribution in [0.2, 0.25) is 0 Å². The number of nitrogens with zero attached hydrogens (tertiary/aromatic N) is 1. The average Bonchev–Trinajstić information content (AvgIpc) is 2.24. The van der Waals surface area contributed by atoms with E-state index in [0.29, 0.717) is 0 Å². The van der Waals surface area contributed by atoms with Crippen LogP contribution in [0.5, 0.6) is 0 Å². The van der Waals surface area contributed by atoms with E-state index in [1.54, 1.807) is 0 Å². The molecule has 82 valence electrons. The predicted octanol–water partition coefficient (Wildman–Crippen LogP) is 3.82. The van der Waals surface area contributed by atoms with Crippen molar-refractivity contribution < 1.29 is 0 Å². The molecule has 1 aliphatic rings. The molecule has 0 radical (unpaired) electrons. The van der Waals surface area contributed by atoms with E-state index >= 15 is 0 Å².